The van der Waals surface area contributed by atoms with Crippen molar-refractivity contribution in [2.24, 2.45) is 0 Å². The number of benzene rings is 3. The predicted octanol–water partition coefficient (Wildman–Crippen LogP) is 6.10. The Morgan fingerprint density at radius 1 is 1.07 bits per heavy atom. The van der Waals surface area contributed by atoms with Crippen LogP contribution in [0.4, 0.5) is 5.69 Å². The molecule has 0 saturated carbocycles. The Bertz CT molecular complexity index is 937. The van der Waals surface area contributed by atoms with Gasteiger partial charge in [0.2, 0.25) is 0 Å². The summed E-state index contributed by atoms with van der Waals surface area (Å²) in [6, 6.07) is 23.6. The Kier molecular flexibility index (Phi) is 6.93. The van der Waals surface area contributed by atoms with Gasteiger partial charge in [0.15, 0.2) is 0 Å². The molecule has 1 N–H and O–H groups in total. The van der Waals surface area contributed by atoms with E-state index >= 15 is 0 Å². The highest BCUT2D eigenvalue weighted by Gasteiger charge is 2.09. The van der Waals surface area contributed by atoms with Crippen LogP contribution >= 0.6 is 11.8 Å². The van der Waals surface area contributed by atoms with Gasteiger partial charge in [-0.3, -0.25) is 4.79 Å². The molecule has 0 aliphatic heterocycles. The number of carbonyl (C=O) groups excluding carboxylic acids is 1. The molecule has 0 bridgehead atoms. The predicted molar refractivity (Wildman–Crippen MR) is 117 cm³/mol. The van der Waals surface area contributed by atoms with E-state index in [1.54, 1.807) is 42.1 Å². The Labute approximate surface area is 170 Å². The number of amides is 1. The molecule has 0 heterocycles. The number of thioether (sulfide) groups is 1. The number of ether oxygens (including phenoxy) is 1. The monoisotopic (exact) mass is 389 g/mol. The van der Waals surface area contributed by atoms with Crippen LogP contribution in [0, 0.1) is 6.92 Å². The minimum atomic E-state index is -0.134. The third-order valence-corrected chi connectivity index (χ3v) is 5.26. The summed E-state index contributed by atoms with van der Waals surface area (Å²) in [5.41, 5.74) is 3.69. The summed E-state index contributed by atoms with van der Waals surface area (Å²) in [4.78, 5) is 13.8. The summed E-state index contributed by atoms with van der Waals surface area (Å²) in [7, 11) is 0. The van der Waals surface area contributed by atoms with Gasteiger partial charge in [-0.1, -0.05) is 43.0 Å². The zero-order chi connectivity index (χ0) is 19.8. The second-order valence-corrected chi connectivity index (χ2v) is 7.38. The first-order chi connectivity index (χ1) is 13.7. The topological polar surface area (TPSA) is 38.3 Å². The summed E-state index contributed by atoms with van der Waals surface area (Å²) < 4.78 is 5.44. The van der Waals surface area contributed by atoms with Crippen LogP contribution in [0.1, 0.15) is 21.5 Å². The molecule has 0 aromatic heterocycles. The lowest BCUT2D eigenvalue weighted by Crippen LogP contribution is -2.12. The summed E-state index contributed by atoms with van der Waals surface area (Å²) in [6.07, 6.45) is 1.69. The minimum absolute atomic E-state index is 0.134. The van der Waals surface area contributed by atoms with Gasteiger partial charge in [-0.25, -0.2) is 0 Å². The number of hydrogen-bond donors (Lipinski definition) is 1. The Balaban J connectivity index is 1.60. The van der Waals surface area contributed by atoms with E-state index in [0.717, 1.165) is 17.0 Å². The third-order valence-electron chi connectivity index (χ3n) is 4.17. The molecule has 3 aromatic rings. The smallest absolute Gasteiger partial charge is 0.255 e. The summed E-state index contributed by atoms with van der Waals surface area (Å²) in [5.74, 6) is 1.48. The van der Waals surface area contributed by atoms with Crippen molar-refractivity contribution in [2.45, 2.75) is 17.6 Å². The van der Waals surface area contributed by atoms with Gasteiger partial charge in [0.1, 0.15) is 12.4 Å². The van der Waals surface area contributed by atoms with E-state index < -0.39 is 0 Å². The summed E-state index contributed by atoms with van der Waals surface area (Å²) >= 11 is 1.80. The quantitative estimate of drug-likeness (QED) is 0.373. The van der Waals surface area contributed by atoms with Crippen LogP contribution in [0.2, 0.25) is 0 Å². The zero-order valence-corrected chi connectivity index (χ0v) is 16.7. The van der Waals surface area contributed by atoms with Crippen molar-refractivity contribution in [1.82, 2.24) is 0 Å². The fourth-order valence-corrected chi connectivity index (χ4v) is 3.55. The number of nitrogens with one attached hydrogen (secondary N) is 1. The van der Waals surface area contributed by atoms with Crippen LogP contribution in [0.15, 0.2) is 90.3 Å². The second kappa shape index (κ2) is 9.81. The van der Waals surface area contributed by atoms with Crippen LogP contribution in [0.3, 0.4) is 0 Å². The van der Waals surface area contributed by atoms with E-state index in [0.29, 0.717) is 17.9 Å². The van der Waals surface area contributed by atoms with E-state index in [4.69, 9.17) is 4.74 Å². The Morgan fingerprint density at radius 2 is 1.82 bits per heavy atom. The molecule has 0 fully saturated rings. The average Bonchev–Trinajstić information content (AvgIpc) is 2.73. The Morgan fingerprint density at radius 3 is 2.50 bits per heavy atom. The molecular weight excluding hydrogens is 366 g/mol. The molecule has 0 radical (unpaired) electrons. The molecule has 0 atom stereocenters. The van der Waals surface area contributed by atoms with Crippen LogP contribution in [-0.2, 0) is 5.75 Å². The van der Waals surface area contributed by atoms with Gasteiger partial charge in [-0.15, -0.1) is 11.8 Å². The number of aryl methyl sites for hydroxylation is 1. The maximum atomic E-state index is 12.5. The first-order valence-corrected chi connectivity index (χ1v) is 10.1. The van der Waals surface area contributed by atoms with E-state index in [-0.39, 0.29) is 5.91 Å². The maximum absolute atomic E-state index is 12.5. The highest BCUT2D eigenvalue weighted by Crippen LogP contribution is 2.25. The first kappa shape index (κ1) is 19.8. The lowest BCUT2D eigenvalue weighted by molar-refractivity contribution is 0.102. The van der Waals surface area contributed by atoms with E-state index in [1.165, 1.54) is 10.5 Å². The normalized spacial score (nSPS) is 10.3. The van der Waals surface area contributed by atoms with Crippen LogP contribution in [-0.4, -0.2) is 12.5 Å². The van der Waals surface area contributed by atoms with E-state index in [9.17, 15) is 4.79 Å². The molecule has 3 nitrogen and oxygen atoms in total. The van der Waals surface area contributed by atoms with Gasteiger partial charge >= 0.3 is 0 Å². The second-order valence-electron chi connectivity index (χ2n) is 6.33. The molecule has 4 heteroatoms. The highest BCUT2D eigenvalue weighted by molar-refractivity contribution is 7.98. The van der Waals surface area contributed by atoms with Crippen LogP contribution in [0.5, 0.6) is 5.75 Å². The summed E-state index contributed by atoms with van der Waals surface area (Å²) in [5, 5.41) is 2.99. The van der Waals surface area contributed by atoms with Crippen molar-refractivity contribution in [3.63, 3.8) is 0 Å². The number of hydrogen-bond acceptors (Lipinski definition) is 3. The Hall–Kier alpha value is -2.98. The zero-order valence-electron chi connectivity index (χ0n) is 15.9. The molecule has 3 rings (SSSR count). The number of anilines is 1. The number of rotatable bonds is 8. The summed E-state index contributed by atoms with van der Waals surface area (Å²) in [6.45, 7) is 6.08. The van der Waals surface area contributed by atoms with Crippen molar-refractivity contribution in [2.75, 3.05) is 11.9 Å². The van der Waals surface area contributed by atoms with Gasteiger partial charge in [0, 0.05) is 21.9 Å². The van der Waals surface area contributed by atoms with Crippen LogP contribution < -0.4 is 10.1 Å². The molecule has 3 aromatic carbocycles. The van der Waals surface area contributed by atoms with Crippen molar-refractivity contribution in [3.8, 4) is 5.75 Å². The fourth-order valence-electron chi connectivity index (χ4n) is 2.69. The van der Waals surface area contributed by atoms with Gasteiger partial charge in [0.05, 0.1) is 0 Å². The number of carbonyl (C=O) groups is 1. The molecule has 0 aliphatic rings. The largest absolute Gasteiger partial charge is 0.490 e. The molecule has 28 heavy (non-hydrogen) atoms. The molecule has 142 valence electrons. The van der Waals surface area contributed by atoms with Gasteiger partial charge in [0.25, 0.3) is 5.91 Å². The van der Waals surface area contributed by atoms with Crippen molar-refractivity contribution >= 4 is 23.4 Å². The maximum Gasteiger partial charge on any atom is 0.255 e. The first-order valence-electron chi connectivity index (χ1n) is 9.08. The molecule has 0 saturated heterocycles. The van der Waals surface area contributed by atoms with Crippen LogP contribution in [0.25, 0.3) is 0 Å². The fraction of sp³-hybridized carbons (Fsp3) is 0.125. The molecule has 0 aliphatic carbocycles. The average molecular weight is 390 g/mol. The van der Waals surface area contributed by atoms with Crippen molar-refractivity contribution in [3.05, 3.63) is 102 Å². The standard InChI is InChI=1S/C24H23NO2S/c1-3-15-27-21-12-10-20(11-13-21)24(26)25-23-14-9-19(16-18(23)2)17-28-22-7-5-4-6-8-22/h3-14,16H,1,15,17H2,2H3,(H,25,26). The van der Waals surface area contributed by atoms with E-state index in [2.05, 4.69) is 36.2 Å². The van der Waals surface area contributed by atoms with Gasteiger partial charge in [-0.05, 0) is 60.5 Å². The van der Waals surface area contributed by atoms with E-state index in [1.807, 2.05) is 31.2 Å². The highest BCUT2D eigenvalue weighted by atomic mass is 32.2. The molecule has 1 amide bonds. The molecule has 0 spiro atoms. The van der Waals surface area contributed by atoms with Gasteiger partial charge in [-0.2, -0.15) is 0 Å². The molecular formula is C24H23NO2S. The van der Waals surface area contributed by atoms with Gasteiger partial charge < -0.3 is 10.1 Å². The SMILES string of the molecule is C=CCOc1ccc(C(=O)Nc2ccc(CSc3ccccc3)cc2C)cc1. The van der Waals surface area contributed by atoms with Crippen molar-refractivity contribution < 1.29 is 9.53 Å². The third kappa shape index (κ3) is 5.51. The lowest BCUT2D eigenvalue weighted by Gasteiger charge is -2.11. The van der Waals surface area contributed by atoms with Crippen molar-refractivity contribution in [1.29, 1.82) is 0 Å². The minimum Gasteiger partial charge on any atom is -0.490 e. The lowest BCUT2D eigenvalue weighted by atomic mass is 10.1. The molecule has 0 unspecified atom stereocenters.